The van der Waals surface area contributed by atoms with Crippen LogP contribution in [0.1, 0.15) is 33.6 Å². The first-order valence-corrected chi connectivity index (χ1v) is 5.14. The van der Waals surface area contributed by atoms with E-state index in [1.807, 2.05) is 0 Å². The van der Waals surface area contributed by atoms with E-state index in [1.54, 1.807) is 6.92 Å². The second-order valence-electron chi connectivity index (χ2n) is 4.33. The molecular weight excluding hydrogens is 178 g/mol. The van der Waals surface area contributed by atoms with Crippen LogP contribution in [-0.2, 0) is 9.53 Å². The molecule has 78 valence electrons. The first kappa shape index (κ1) is 11.0. The van der Waals surface area contributed by atoms with Crippen molar-refractivity contribution in [3.8, 4) is 6.07 Å². The lowest BCUT2D eigenvalue weighted by atomic mass is 9.59. The second-order valence-corrected chi connectivity index (χ2v) is 4.33. The predicted octanol–water partition coefficient (Wildman–Crippen LogP) is 2.13. The molecule has 1 saturated carbocycles. The number of carbonyl (C=O) groups is 1. The molecule has 0 atom stereocenters. The number of hydrogen-bond donors (Lipinski definition) is 0. The summed E-state index contributed by atoms with van der Waals surface area (Å²) >= 11 is 0. The first-order valence-electron chi connectivity index (χ1n) is 5.14. The highest BCUT2D eigenvalue weighted by Gasteiger charge is 2.52. The van der Waals surface area contributed by atoms with Crippen LogP contribution in [0.5, 0.6) is 0 Å². The summed E-state index contributed by atoms with van der Waals surface area (Å²) in [4.78, 5) is 11.5. The summed E-state index contributed by atoms with van der Waals surface area (Å²) in [5, 5.41) is 8.98. The minimum Gasteiger partial charge on any atom is -0.465 e. The Labute approximate surface area is 85.1 Å². The normalized spacial score (nSPS) is 30.6. The van der Waals surface area contributed by atoms with Crippen molar-refractivity contribution in [1.29, 1.82) is 5.26 Å². The maximum absolute atomic E-state index is 11.5. The van der Waals surface area contributed by atoms with Gasteiger partial charge in [-0.2, -0.15) is 5.26 Å². The highest BCUT2D eigenvalue weighted by molar-refractivity contribution is 5.81. The predicted molar refractivity (Wildman–Crippen MR) is 52.2 cm³/mol. The maximum Gasteiger partial charge on any atom is 0.326 e. The lowest BCUT2D eigenvalue weighted by Crippen LogP contribution is -2.45. The minimum atomic E-state index is -0.828. The van der Waals surface area contributed by atoms with E-state index in [-0.39, 0.29) is 5.97 Å². The Morgan fingerprint density at radius 3 is 2.57 bits per heavy atom. The SMILES string of the molecule is CCOC(=O)C1(C#N)CC(C(C)C)C1. The van der Waals surface area contributed by atoms with Crippen molar-refractivity contribution < 1.29 is 9.53 Å². The van der Waals surface area contributed by atoms with Gasteiger partial charge in [-0.1, -0.05) is 13.8 Å². The Hall–Kier alpha value is -1.04. The van der Waals surface area contributed by atoms with Crippen molar-refractivity contribution in [3.63, 3.8) is 0 Å². The molecule has 0 heterocycles. The van der Waals surface area contributed by atoms with Gasteiger partial charge in [-0.3, -0.25) is 4.79 Å². The van der Waals surface area contributed by atoms with Gasteiger partial charge in [-0.15, -0.1) is 0 Å². The van der Waals surface area contributed by atoms with Crippen LogP contribution in [0.15, 0.2) is 0 Å². The van der Waals surface area contributed by atoms with Gasteiger partial charge in [0.05, 0.1) is 12.7 Å². The van der Waals surface area contributed by atoms with Gasteiger partial charge in [0.15, 0.2) is 5.41 Å². The number of esters is 1. The minimum absolute atomic E-state index is 0.334. The standard InChI is InChI=1S/C11H17NO2/c1-4-14-10(13)11(7-12)5-9(6-11)8(2)3/h8-9H,4-6H2,1-3H3. The topological polar surface area (TPSA) is 50.1 Å². The van der Waals surface area contributed by atoms with E-state index < -0.39 is 5.41 Å². The molecule has 0 amide bonds. The molecule has 0 radical (unpaired) electrons. The number of hydrogen-bond acceptors (Lipinski definition) is 3. The zero-order valence-corrected chi connectivity index (χ0v) is 9.04. The van der Waals surface area contributed by atoms with Crippen molar-refractivity contribution in [2.75, 3.05) is 6.61 Å². The van der Waals surface area contributed by atoms with Crippen LogP contribution < -0.4 is 0 Å². The molecule has 0 aromatic heterocycles. The average Bonchev–Trinajstić information content (AvgIpc) is 2.03. The van der Waals surface area contributed by atoms with Crippen molar-refractivity contribution in [2.24, 2.45) is 17.3 Å². The summed E-state index contributed by atoms with van der Waals surface area (Å²) in [6, 6.07) is 2.11. The van der Waals surface area contributed by atoms with Gasteiger partial charge >= 0.3 is 5.97 Å². The van der Waals surface area contributed by atoms with Crippen LogP contribution >= 0.6 is 0 Å². The smallest absolute Gasteiger partial charge is 0.326 e. The maximum atomic E-state index is 11.5. The summed E-state index contributed by atoms with van der Waals surface area (Å²) in [5.74, 6) is 0.712. The molecule has 1 aliphatic rings. The van der Waals surface area contributed by atoms with Gasteiger partial charge < -0.3 is 4.74 Å². The largest absolute Gasteiger partial charge is 0.465 e. The highest BCUT2D eigenvalue weighted by atomic mass is 16.5. The van der Waals surface area contributed by atoms with Crippen molar-refractivity contribution in [3.05, 3.63) is 0 Å². The zero-order chi connectivity index (χ0) is 10.8. The van der Waals surface area contributed by atoms with Gasteiger partial charge in [0.25, 0.3) is 0 Å². The van der Waals surface area contributed by atoms with E-state index in [1.165, 1.54) is 0 Å². The molecular formula is C11H17NO2. The van der Waals surface area contributed by atoms with Crippen molar-refractivity contribution in [1.82, 2.24) is 0 Å². The Kier molecular flexibility index (Phi) is 3.15. The number of carbonyl (C=O) groups excluding carboxylic acids is 1. The number of ether oxygens (including phenoxy) is 1. The Balaban J connectivity index is 2.58. The quantitative estimate of drug-likeness (QED) is 0.648. The summed E-state index contributed by atoms with van der Waals surface area (Å²) in [6.45, 7) is 6.37. The lowest BCUT2D eigenvalue weighted by Gasteiger charge is -2.42. The molecule has 0 N–H and O–H groups in total. The average molecular weight is 195 g/mol. The Bertz CT molecular complexity index is 259. The summed E-state index contributed by atoms with van der Waals surface area (Å²) < 4.78 is 4.91. The van der Waals surface area contributed by atoms with Gasteiger partial charge in [-0.25, -0.2) is 0 Å². The van der Waals surface area contributed by atoms with E-state index in [0.29, 0.717) is 31.3 Å². The monoisotopic (exact) mass is 195 g/mol. The summed E-state index contributed by atoms with van der Waals surface area (Å²) in [6.07, 6.45) is 1.33. The van der Waals surface area contributed by atoms with Crippen LogP contribution in [0.3, 0.4) is 0 Å². The van der Waals surface area contributed by atoms with Crippen LogP contribution in [0.4, 0.5) is 0 Å². The fraction of sp³-hybridized carbons (Fsp3) is 0.818. The van der Waals surface area contributed by atoms with E-state index >= 15 is 0 Å². The van der Waals surface area contributed by atoms with E-state index in [4.69, 9.17) is 10.00 Å². The van der Waals surface area contributed by atoms with Gasteiger partial charge in [0.2, 0.25) is 0 Å². The van der Waals surface area contributed by atoms with Gasteiger partial charge in [0, 0.05) is 0 Å². The second kappa shape index (κ2) is 4.00. The molecule has 14 heavy (non-hydrogen) atoms. The molecule has 3 nitrogen and oxygen atoms in total. The third-order valence-corrected chi connectivity index (χ3v) is 3.04. The summed E-state index contributed by atoms with van der Waals surface area (Å²) in [7, 11) is 0. The van der Waals surface area contributed by atoms with E-state index in [0.717, 1.165) is 0 Å². The third-order valence-electron chi connectivity index (χ3n) is 3.04. The molecule has 1 rings (SSSR count). The first-order chi connectivity index (χ1) is 6.55. The van der Waals surface area contributed by atoms with Crippen molar-refractivity contribution in [2.45, 2.75) is 33.6 Å². The summed E-state index contributed by atoms with van der Waals surface area (Å²) in [5.41, 5.74) is -0.828. The Morgan fingerprint density at radius 2 is 2.21 bits per heavy atom. The molecule has 0 bridgehead atoms. The number of nitriles is 1. The van der Waals surface area contributed by atoms with Crippen LogP contribution in [-0.4, -0.2) is 12.6 Å². The molecule has 1 fully saturated rings. The molecule has 3 heteroatoms. The molecule has 0 saturated heterocycles. The van der Waals surface area contributed by atoms with E-state index in [9.17, 15) is 4.79 Å². The van der Waals surface area contributed by atoms with Crippen LogP contribution in [0.25, 0.3) is 0 Å². The number of rotatable bonds is 3. The molecule has 0 aromatic carbocycles. The Morgan fingerprint density at radius 1 is 1.64 bits per heavy atom. The zero-order valence-electron chi connectivity index (χ0n) is 9.04. The fourth-order valence-corrected chi connectivity index (χ4v) is 1.88. The number of nitrogens with zero attached hydrogens (tertiary/aromatic N) is 1. The van der Waals surface area contributed by atoms with Crippen LogP contribution in [0, 0.1) is 28.6 Å². The van der Waals surface area contributed by atoms with Crippen LogP contribution in [0.2, 0.25) is 0 Å². The molecule has 1 aliphatic carbocycles. The van der Waals surface area contributed by atoms with Crippen molar-refractivity contribution >= 4 is 5.97 Å². The molecule has 0 unspecified atom stereocenters. The third kappa shape index (κ3) is 1.75. The lowest BCUT2D eigenvalue weighted by molar-refractivity contribution is -0.160. The highest BCUT2D eigenvalue weighted by Crippen LogP contribution is 2.49. The molecule has 0 aliphatic heterocycles. The fourth-order valence-electron chi connectivity index (χ4n) is 1.88. The molecule has 0 spiro atoms. The van der Waals surface area contributed by atoms with Gasteiger partial charge in [0.1, 0.15) is 0 Å². The van der Waals surface area contributed by atoms with E-state index in [2.05, 4.69) is 19.9 Å². The molecule has 0 aromatic rings. The van der Waals surface area contributed by atoms with Gasteiger partial charge in [-0.05, 0) is 31.6 Å².